The van der Waals surface area contributed by atoms with Gasteiger partial charge in [0.25, 0.3) is 5.92 Å². The van der Waals surface area contributed by atoms with Crippen molar-refractivity contribution in [2.24, 2.45) is 11.8 Å². The Labute approximate surface area is 161 Å². The van der Waals surface area contributed by atoms with Crippen molar-refractivity contribution >= 4 is 26.6 Å². The fraction of sp³-hybridized carbons (Fsp3) is 0.579. The van der Waals surface area contributed by atoms with Crippen LogP contribution in [0.15, 0.2) is 24.7 Å². The number of fused-ring (bicyclic) bond motifs is 3. The number of halogens is 2. The lowest BCUT2D eigenvalue weighted by atomic mass is 9.94. The molecule has 5 rings (SSSR count). The molecule has 0 amide bonds. The van der Waals surface area contributed by atoms with Crippen molar-refractivity contribution in [3.05, 3.63) is 30.4 Å². The second-order valence-electron chi connectivity index (χ2n) is 8.48. The molecule has 0 bridgehead atoms. The van der Waals surface area contributed by atoms with Gasteiger partial charge in [0.05, 0.1) is 22.7 Å². The maximum absolute atomic E-state index is 13.1. The molecule has 0 aliphatic heterocycles. The second kappa shape index (κ2) is 5.98. The highest BCUT2D eigenvalue weighted by molar-refractivity contribution is 7.92. The first kappa shape index (κ1) is 18.0. The van der Waals surface area contributed by atoms with E-state index in [9.17, 15) is 17.2 Å². The second-order valence-corrected chi connectivity index (χ2v) is 10.8. The average Bonchev–Trinajstić information content (AvgIpc) is 3.29. The Hall–Kier alpha value is -2.03. The van der Waals surface area contributed by atoms with E-state index in [1.807, 2.05) is 18.5 Å². The molecule has 0 aromatic carbocycles. The number of hydrogen-bond donors (Lipinski definition) is 1. The molecule has 9 heteroatoms. The highest BCUT2D eigenvalue weighted by Gasteiger charge is 2.52. The molecule has 3 aromatic heterocycles. The minimum atomic E-state index is -3.48. The van der Waals surface area contributed by atoms with Crippen LogP contribution in [-0.2, 0) is 9.84 Å². The van der Waals surface area contributed by atoms with Gasteiger partial charge in [-0.05, 0) is 30.7 Å². The van der Waals surface area contributed by atoms with Crippen LogP contribution < -0.4 is 0 Å². The van der Waals surface area contributed by atoms with Gasteiger partial charge in [0, 0.05) is 36.8 Å². The summed E-state index contributed by atoms with van der Waals surface area (Å²) in [5.74, 6) is -2.33. The van der Waals surface area contributed by atoms with Gasteiger partial charge in [-0.3, -0.25) is 4.40 Å². The van der Waals surface area contributed by atoms with Crippen LogP contribution in [0.5, 0.6) is 0 Å². The molecular formula is C19H22F2N4O2S. The molecule has 2 saturated carbocycles. The number of nitrogens with zero attached hydrogens (tertiary/aromatic N) is 3. The van der Waals surface area contributed by atoms with Crippen LogP contribution in [-0.4, -0.2) is 44.7 Å². The molecule has 3 atom stereocenters. The number of hydrogen-bond acceptors (Lipinski definition) is 4. The van der Waals surface area contributed by atoms with Crippen LogP contribution >= 0.6 is 0 Å². The number of sulfone groups is 1. The lowest BCUT2D eigenvalue weighted by Crippen LogP contribution is -2.46. The summed E-state index contributed by atoms with van der Waals surface area (Å²) < 4.78 is 53.4. The van der Waals surface area contributed by atoms with Crippen molar-refractivity contribution in [2.75, 3.05) is 5.75 Å². The molecule has 0 spiro atoms. The Kier molecular flexibility index (Phi) is 3.85. The normalized spacial score (nSPS) is 28.2. The van der Waals surface area contributed by atoms with Gasteiger partial charge in [0.1, 0.15) is 0 Å². The lowest BCUT2D eigenvalue weighted by molar-refractivity contribution is -0.0686. The SMILES string of the molecule is C[C@@H]1C[C@H](CS(=O)(=O)C2CC(F)(F)C2)C[C@@H]1c1cnc2cnc3[nH]ccc3n12. The topological polar surface area (TPSA) is 80.1 Å². The molecule has 0 saturated heterocycles. The Balaban J connectivity index is 1.40. The maximum Gasteiger partial charge on any atom is 0.250 e. The average molecular weight is 408 g/mol. The van der Waals surface area contributed by atoms with Gasteiger partial charge in [-0.2, -0.15) is 0 Å². The van der Waals surface area contributed by atoms with Gasteiger partial charge in [0.2, 0.25) is 0 Å². The van der Waals surface area contributed by atoms with Crippen molar-refractivity contribution in [2.45, 2.75) is 49.7 Å². The third-order valence-corrected chi connectivity index (χ3v) is 8.74. The van der Waals surface area contributed by atoms with E-state index in [0.717, 1.165) is 35.3 Å². The zero-order valence-corrected chi connectivity index (χ0v) is 16.3. The molecular weight excluding hydrogens is 386 g/mol. The van der Waals surface area contributed by atoms with E-state index in [2.05, 4.69) is 26.3 Å². The molecule has 2 fully saturated rings. The van der Waals surface area contributed by atoms with Crippen LogP contribution in [0.1, 0.15) is 44.2 Å². The predicted molar refractivity (Wildman–Crippen MR) is 101 cm³/mol. The van der Waals surface area contributed by atoms with Crippen molar-refractivity contribution in [1.82, 2.24) is 19.4 Å². The summed E-state index contributed by atoms with van der Waals surface area (Å²) in [7, 11) is -3.48. The van der Waals surface area contributed by atoms with E-state index in [1.165, 1.54) is 0 Å². The lowest BCUT2D eigenvalue weighted by Gasteiger charge is -2.34. The first-order valence-corrected chi connectivity index (χ1v) is 11.3. The van der Waals surface area contributed by atoms with Gasteiger partial charge in [-0.25, -0.2) is 27.2 Å². The summed E-state index contributed by atoms with van der Waals surface area (Å²) in [6, 6.07) is 1.96. The van der Waals surface area contributed by atoms with Crippen LogP contribution in [0, 0.1) is 11.8 Å². The van der Waals surface area contributed by atoms with Crippen molar-refractivity contribution in [3.63, 3.8) is 0 Å². The third kappa shape index (κ3) is 2.82. The number of aromatic nitrogens is 4. The van der Waals surface area contributed by atoms with Crippen LogP contribution in [0.2, 0.25) is 0 Å². The molecule has 3 heterocycles. The largest absolute Gasteiger partial charge is 0.345 e. The number of H-pyrrole nitrogens is 1. The smallest absolute Gasteiger partial charge is 0.250 e. The molecule has 2 aliphatic carbocycles. The Morgan fingerprint density at radius 1 is 1.25 bits per heavy atom. The molecule has 3 aromatic rings. The molecule has 2 aliphatic rings. The number of aromatic amines is 1. The summed E-state index contributed by atoms with van der Waals surface area (Å²) in [5, 5.41) is -0.877. The Bertz CT molecular complexity index is 1150. The van der Waals surface area contributed by atoms with E-state index in [1.54, 1.807) is 6.20 Å². The van der Waals surface area contributed by atoms with E-state index >= 15 is 0 Å². The van der Waals surface area contributed by atoms with Gasteiger partial charge in [-0.15, -0.1) is 0 Å². The third-order valence-electron chi connectivity index (χ3n) is 6.46. The Morgan fingerprint density at radius 2 is 2.04 bits per heavy atom. The summed E-state index contributed by atoms with van der Waals surface area (Å²) >= 11 is 0. The van der Waals surface area contributed by atoms with Crippen LogP contribution in [0.25, 0.3) is 16.8 Å². The standard InChI is InChI=1S/C19H22F2N4O2S/c1-11-4-12(10-28(26,27)13-6-19(20,21)7-13)5-14(11)16-8-23-17-9-24-18-15(25(16)17)2-3-22-18/h2-3,8-9,11-14,22H,4-7,10H2,1H3/t11-,12+,14+/m1/s1. The van der Waals surface area contributed by atoms with Gasteiger partial charge < -0.3 is 4.98 Å². The minimum Gasteiger partial charge on any atom is -0.345 e. The number of rotatable bonds is 4. The van der Waals surface area contributed by atoms with Crippen molar-refractivity contribution < 1.29 is 17.2 Å². The highest BCUT2D eigenvalue weighted by atomic mass is 32.2. The Morgan fingerprint density at radius 3 is 2.79 bits per heavy atom. The fourth-order valence-electron chi connectivity index (χ4n) is 5.00. The minimum absolute atomic E-state index is 0.00618. The molecule has 150 valence electrons. The van der Waals surface area contributed by atoms with Crippen molar-refractivity contribution in [1.29, 1.82) is 0 Å². The summed E-state index contributed by atoms with van der Waals surface area (Å²) in [5.41, 5.74) is 3.55. The quantitative estimate of drug-likeness (QED) is 0.716. The summed E-state index contributed by atoms with van der Waals surface area (Å²) in [6.07, 6.45) is 5.88. The fourth-order valence-corrected chi connectivity index (χ4v) is 7.20. The maximum atomic E-state index is 13.1. The first-order chi connectivity index (χ1) is 13.2. The zero-order chi connectivity index (χ0) is 19.7. The summed E-state index contributed by atoms with van der Waals surface area (Å²) in [6.45, 7) is 2.13. The van der Waals surface area contributed by atoms with Crippen LogP contribution in [0.4, 0.5) is 8.78 Å². The van der Waals surface area contributed by atoms with Crippen LogP contribution in [0.3, 0.4) is 0 Å². The van der Waals surface area contributed by atoms with Gasteiger partial charge in [0.15, 0.2) is 21.1 Å². The van der Waals surface area contributed by atoms with E-state index < -0.39 is 33.9 Å². The molecule has 0 radical (unpaired) electrons. The monoisotopic (exact) mass is 408 g/mol. The molecule has 1 N–H and O–H groups in total. The summed E-state index contributed by atoms with van der Waals surface area (Å²) in [4.78, 5) is 11.9. The number of nitrogens with one attached hydrogen (secondary N) is 1. The molecule has 0 unspecified atom stereocenters. The van der Waals surface area contributed by atoms with E-state index in [0.29, 0.717) is 5.92 Å². The molecule has 6 nitrogen and oxygen atoms in total. The first-order valence-electron chi connectivity index (χ1n) is 9.62. The van der Waals surface area contributed by atoms with Crippen molar-refractivity contribution in [3.8, 4) is 0 Å². The van der Waals surface area contributed by atoms with Gasteiger partial charge >= 0.3 is 0 Å². The van der Waals surface area contributed by atoms with Gasteiger partial charge in [-0.1, -0.05) is 6.92 Å². The van der Waals surface area contributed by atoms with E-state index in [4.69, 9.17) is 0 Å². The number of alkyl halides is 2. The van der Waals surface area contributed by atoms with E-state index in [-0.39, 0.29) is 17.6 Å². The highest BCUT2D eigenvalue weighted by Crippen LogP contribution is 2.46. The zero-order valence-electron chi connectivity index (χ0n) is 15.5. The number of imidazole rings is 1. The predicted octanol–water partition coefficient (Wildman–Crippen LogP) is 3.55. The molecule has 28 heavy (non-hydrogen) atoms.